The minimum atomic E-state index is 0.481. The topological polar surface area (TPSA) is 24.7 Å². The van der Waals surface area contributed by atoms with Gasteiger partial charge in [-0.3, -0.25) is 0 Å². The molecule has 0 bridgehead atoms. The van der Waals surface area contributed by atoms with Gasteiger partial charge in [-0.15, -0.1) is 0 Å². The van der Waals surface area contributed by atoms with Crippen molar-refractivity contribution in [2.24, 2.45) is 15.9 Å². The lowest BCUT2D eigenvalue weighted by molar-refractivity contribution is 0.891. The van der Waals surface area contributed by atoms with Gasteiger partial charge in [0.25, 0.3) is 0 Å². The highest BCUT2D eigenvalue weighted by Gasteiger charge is 2.16. The van der Waals surface area contributed by atoms with E-state index in [1.807, 2.05) is 12.3 Å². The summed E-state index contributed by atoms with van der Waals surface area (Å²) in [5.74, 6) is 1.37. The summed E-state index contributed by atoms with van der Waals surface area (Å²) in [6.45, 7) is 2.14. The molecular formula is C8H8N2. The molecule has 2 aliphatic rings. The van der Waals surface area contributed by atoms with Gasteiger partial charge in [0.05, 0.1) is 0 Å². The van der Waals surface area contributed by atoms with E-state index in [0.717, 1.165) is 5.84 Å². The normalized spacial score (nSPS) is 27.9. The van der Waals surface area contributed by atoms with Crippen LogP contribution < -0.4 is 0 Å². The summed E-state index contributed by atoms with van der Waals surface area (Å²) in [5.41, 5.74) is 1.24. The third-order valence-corrected chi connectivity index (χ3v) is 1.77. The fraction of sp³-hybridized carbons (Fsp3) is 0.250. The minimum Gasteiger partial charge on any atom is -0.237 e. The van der Waals surface area contributed by atoms with E-state index in [2.05, 4.69) is 23.0 Å². The minimum absolute atomic E-state index is 0.481. The number of amidine groups is 1. The molecule has 0 radical (unpaired) electrons. The summed E-state index contributed by atoms with van der Waals surface area (Å²) in [6, 6.07) is 0. The monoisotopic (exact) mass is 132 g/mol. The second-order valence-electron chi connectivity index (χ2n) is 2.48. The number of fused-ring (bicyclic) bond motifs is 1. The molecule has 0 spiro atoms. The molecule has 50 valence electrons. The Bertz CT molecular complexity index is 269. The summed E-state index contributed by atoms with van der Waals surface area (Å²) in [7, 11) is 0. The summed E-state index contributed by atoms with van der Waals surface area (Å²) in [5, 5.41) is 0. The lowest BCUT2D eigenvalue weighted by atomic mass is 9.99. The number of nitrogens with zero attached hydrogens (tertiary/aromatic N) is 2. The average molecular weight is 132 g/mol. The van der Waals surface area contributed by atoms with E-state index in [9.17, 15) is 0 Å². The van der Waals surface area contributed by atoms with Crippen molar-refractivity contribution < 1.29 is 0 Å². The Balaban J connectivity index is 2.45. The lowest BCUT2D eigenvalue weighted by Crippen LogP contribution is -2.06. The molecule has 2 heteroatoms. The van der Waals surface area contributed by atoms with Crippen molar-refractivity contribution in [2.75, 3.05) is 0 Å². The van der Waals surface area contributed by atoms with Crippen molar-refractivity contribution in [3.8, 4) is 0 Å². The van der Waals surface area contributed by atoms with Crippen LogP contribution in [0.15, 0.2) is 33.9 Å². The quantitative estimate of drug-likeness (QED) is 0.478. The number of rotatable bonds is 0. The molecule has 0 fully saturated rings. The number of allylic oxidation sites excluding steroid dienone is 2. The van der Waals surface area contributed by atoms with Crippen LogP contribution in [0.4, 0.5) is 0 Å². The largest absolute Gasteiger partial charge is 0.237 e. The second kappa shape index (κ2) is 1.90. The van der Waals surface area contributed by atoms with Crippen LogP contribution in [0.5, 0.6) is 0 Å². The van der Waals surface area contributed by atoms with E-state index in [1.165, 1.54) is 5.57 Å². The lowest BCUT2D eigenvalue weighted by Gasteiger charge is -2.10. The molecule has 2 heterocycles. The molecule has 10 heavy (non-hydrogen) atoms. The molecule has 0 amide bonds. The first kappa shape index (κ1) is 5.59. The maximum Gasteiger partial charge on any atom is 0.155 e. The summed E-state index contributed by atoms with van der Waals surface area (Å²) < 4.78 is 0. The van der Waals surface area contributed by atoms with Gasteiger partial charge in [-0.05, 0) is 6.08 Å². The van der Waals surface area contributed by atoms with Crippen molar-refractivity contribution >= 4 is 12.1 Å². The van der Waals surface area contributed by atoms with Gasteiger partial charge >= 0.3 is 0 Å². The molecule has 0 saturated carbocycles. The molecule has 0 unspecified atom stereocenters. The zero-order chi connectivity index (χ0) is 6.97. The molecule has 0 aromatic carbocycles. The number of hydrogen-bond donors (Lipinski definition) is 0. The van der Waals surface area contributed by atoms with Crippen LogP contribution in [0.1, 0.15) is 6.92 Å². The highest BCUT2D eigenvalue weighted by Crippen LogP contribution is 2.21. The van der Waals surface area contributed by atoms with Crippen molar-refractivity contribution in [3.63, 3.8) is 0 Å². The van der Waals surface area contributed by atoms with Crippen LogP contribution in [-0.2, 0) is 0 Å². The molecule has 0 aliphatic carbocycles. The number of hydrogen-bond acceptors (Lipinski definition) is 2. The maximum atomic E-state index is 4.11. The van der Waals surface area contributed by atoms with Crippen LogP contribution in [0.2, 0.25) is 0 Å². The predicted molar refractivity (Wildman–Crippen MR) is 42.3 cm³/mol. The first-order valence-corrected chi connectivity index (χ1v) is 3.37. The van der Waals surface area contributed by atoms with Crippen molar-refractivity contribution in [1.82, 2.24) is 0 Å². The third kappa shape index (κ3) is 0.652. The Morgan fingerprint density at radius 1 is 1.50 bits per heavy atom. The summed E-state index contributed by atoms with van der Waals surface area (Å²) in [6.07, 6.45) is 7.72. The zero-order valence-corrected chi connectivity index (χ0v) is 5.78. The van der Waals surface area contributed by atoms with Gasteiger partial charge in [-0.25, -0.2) is 9.98 Å². The van der Waals surface area contributed by atoms with Crippen molar-refractivity contribution in [1.29, 1.82) is 0 Å². The van der Waals surface area contributed by atoms with Gasteiger partial charge in [-0.1, -0.05) is 13.0 Å². The first-order chi connectivity index (χ1) is 4.88. The van der Waals surface area contributed by atoms with Crippen LogP contribution in [0.25, 0.3) is 0 Å². The van der Waals surface area contributed by atoms with Gasteiger partial charge in [0.15, 0.2) is 5.84 Å². The van der Waals surface area contributed by atoms with Crippen molar-refractivity contribution in [2.45, 2.75) is 6.92 Å². The van der Waals surface area contributed by atoms with Gasteiger partial charge in [-0.2, -0.15) is 0 Å². The van der Waals surface area contributed by atoms with E-state index in [0.29, 0.717) is 5.92 Å². The average Bonchev–Trinajstić information content (AvgIpc) is 2.36. The SMILES string of the molecule is C[C@H]1C=CN=C2N=CC=C21. The van der Waals surface area contributed by atoms with Gasteiger partial charge in [0.1, 0.15) is 0 Å². The first-order valence-electron chi connectivity index (χ1n) is 3.37. The Kier molecular flexibility index (Phi) is 1.07. The Labute approximate surface area is 59.7 Å². The molecule has 0 N–H and O–H groups in total. The summed E-state index contributed by atoms with van der Waals surface area (Å²) >= 11 is 0. The van der Waals surface area contributed by atoms with Gasteiger partial charge in [0, 0.05) is 23.9 Å². The molecule has 2 nitrogen and oxygen atoms in total. The predicted octanol–water partition coefficient (Wildman–Crippen LogP) is 1.56. The van der Waals surface area contributed by atoms with Gasteiger partial charge < -0.3 is 0 Å². The fourth-order valence-corrected chi connectivity index (χ4v) is 1.15. The number of aliphatic imine (C=N–C) groups is 2. The van der Waals surface area contributed by atoms with Crippen LogP contribution in [0, 0.1) is 5.92 Å². The van der Waals surface area contributed by atoms with Gasteiger partial charge in [0.2, 0.25) is 0 Å². The Morgan fingerprint density at radius 2 is 2.40 bits per heavy atom. The zero-order valence-electron chi connectivity index (χ0n) is 5.78. The smallest absolute Gasteiger partial charge is 0.155 e. The van der Waals surface area contributed by atoms with Crippen LogP contribution in [0.3, 0.4) is 0 Å². The summed E-state index contributed by atoms with van der Waals surface area (Å²) in [4.78, 5) is 8.20. The molecule has 0 aromatic rings. The molecule has 2 rings (SSSR count). The Morgan fingerprint density at radius 3 is 3.20 bits per heavy atom. The Hall–Kier alpha value is -1.18. The molecule has 0 aromatic heterocycles. The molecule has 0 saturated heterocycles. The van der Waals surface area contributed by atoms with Crippen molar-refractivity contribution in [3.05, 3.63) is 23.9 Å². The molecule has 2 aliphatic heterocycles. The van der Waals surface area contributed by atoms with E-state index >= 15 is 0 Å². The van der Waals surface area contributed by atoms with E-state index in [-0.39, 0.29) is 0 Å². The maximum absolute atomic E-state index is 4.11. The molecule has 1 atom stereocenters. The highest BCUT2D eigenvalue weighted by molar-refractivity contribution is 6.12. The van der Waals surface area contributed by atoms with Crippen LogP contribution >= 0.6 is 0 Å². The fourth-order valence-electron chi connectivity index (χ4n) is 1.15. The van der Waals surface area contributed by atoms with E-state index < -0.39 is 0 Å². The van der Waals surface area contributed by atoms with Crippen LogP contribution in [-0.4, -0.2) is 12.1 Å². The van der Waals surface area contributed by atoms with E-state index in [1.54, 1.807) is 6.21 Å². The highest BCUT2D eigenvalue weighted by atomic mass is 14.9. The second-order valence-corrected chi connectivity index (χ2v) is 2.48. The third-order valence-electron chi connectivity index (χ3n) is 1.77. The standard InChI is InChI=1S/C8H8N2/c1-6-2-4-9-8-7(6)3-5-10-8/h2-6H,1H3/t6-/m0/s1. The molecular weight excluding hydrogens is 124 g/mol. The van der Waals surface area contributed by atoms with E-state index in [4.69, 9.17) is 0 Å².